The number of aryl methyl sites for hydroxylation is 1. The molecule has 0 unspecified atom stereocenters. The van der Waals surface area contributed by atoms with Crippen molar-refractivity contribution in [2.24, 2.45) is 0 Å². The quantitative estimate of drug-likeness (QED) is 0.184. The van der Waals surface area contributed by atoms with E-state index in [-0.39, 0.29) is 5.91 Å². The van der Waals surface area contributed by atoms with Crippen molar-refractivity contribution in [2.45, 2.75) is 37.3 Å². The van der Waals surface area contributed by atoms with Gasteiger partial charge in [0.05, 0.1) is 18.8 Å². The largest absolute Gasteiger partial charge is 0.405 e. The number of carbonyl (C=O) groups excluding carboxylic acids is 2. The third-order valence-corrected chi connectivity index (χ3v) is 8.88. The highest BCUT2D eigenvalue weighted by atomic mass is 19.4. The number of para-hydroxylation sites is 1. The number of morpholine rings is 1. The molecular formula is C37H36F3N3O3. The van der Waals surface area contributed by atoms with Gasteiger partial charge in [-0.25, -0.2) is 0 Å². The molecule has 0 atom stereocenters. The van der Waals surface area contributed by atoms with E-state index in [4.69, 9.17) is 4.74 Å². The highest BCUT2D eigenvalue weighted by Crippen LogP contribution is 2.51. The second kappa shape index (κ2) is 13.4. The van der Waals surface area contributed by atoms with E-state index in [1.54, 1.807) is 0 Å². The lowest BCUT2D eigenvalue weighted by Crippen LogP contribution is -2.47. The van der Waals surface area contributed by atoms with Crippen LogP contribution >= 0.6 is 0 Å². The first-order chi connectivity index (χ1) is 22.3. The number of hydrogen-bond donors (Lipinski definition) is 2. The van der Waals surface area contributed by atoms with Crippen LogP contribution in [0.2, 0.25) is 0 Å². The van der Waals surface area contributed by atoms with Gasteiger partial charge in [-0.1, -0.05) is 79.2 Å². The first-order valence-electron chi connectivity index (χ1n) is 15.6. The molecule has 6 nitrogen and oxygen atoms in total. The van der Waals surface area contributed by atoms with Crippen LogP contribution in [0.1, 0.15) is 46.3 Å². The molecule has 0 saturated carbocycles. The maximum Gasteiger partial charge on any atom is 0.405 e. The van der Waals surface area contributed by atoms with Gasteiger partial charge in [-0.2, -0.15) is 13.2 Å². The van der Waals surface area contributed by atoms with Crippen LogP contribution in [0.4, 0.5) is 24.5 Å². The number of nitrogens with zero attached hydrogens (tertiary/aromatic N) is 1. The molecule has 1 heterocycles. The molecule has 0 radical (unpaired) electrons. The molecule has 1 aliphatic heterocycles. The molecule has 2 aliphatic rings. The van der Waals surface area contributed by atoms with Gasteiger partial charge < -0.3 is 20.3 Å². The Hall–Kier alpha value is -4.63. The van der Waals surface area contributed by atoms with Crippen LogP contribution in [0.3, 0.4) is 0 Å². The van der Waals surface area contributed by atoms with Crippen LogP contribution in [-0.2, 0) is 21.4 Å². The van der Waals surface area contributed by atoms with Crippen LogP contribution in [0.15, 0.2) is 97.1 Å². The fourth-order valence-corrected chi connectivity index (χ4v) is 6.70. The van der Waals surface area contributed by atoms with Gasteiger partial charge >= 0.3 is 6.18 Å². The van der Waals surface area contributed by atoms with Crippen molar-refractivity contribution in [3.63, 3.8) is 0 Å². The highest BCUT2D eigenvalue weighted by Gasteiger charge is 2.49. The third kappa shape index (κ3) is 6.51. The summed E-state index contributed by atoms with van der Waals surface area (Å²) >= 11 is 0. The van der Waals surface area contributed by atoms with Gasteiger partial charge in [0, 0.05) is 24.5 Å². The Morgan fingerprint density at radius 2 is 1.39 bits per heavy atom. The van der Waals surface area contributed by atoms with Crippen molar-refractivity contribution in [3.05, 3.63) is 119 Å². The van der Waals surface area contributed by atoms with Crippen LogP contribution in [0.25, 0.3) is 11.1 Å². The Bertz CT molecular complexity index is 1650. The molecule has 4 aromatic rings. The number of ether oxygens (including phenoxy) is 1. The molecule has 46 heavy (non-hydrogen) atoms. The Morgan fingerprint density at radius 1 is 0.783 bits per heavy atom. The number of anilines is 2. The Labute approximate surface area is 266 Å². The molecule has 0 spiro atoms. The zero-order valence-electron chi connectivity index (χ0n) is 25.4. The molecule has 0 aromatic heterocycles. The van der Waals surface area contributed by atoms with Crippen molar-refractivity contribution in [2.75, 3.05) is 43.1 Å². The highest BCUT2D eigenvalue weighted by molar-refractivity contribution is 6.08. The number of carbonyl (C=O) groups is 2. The van der Waals surface area contributed by atoms with Gasteiger partial charge in [0.25, 0.3) is 5.91 Å². The molecule has 238 valence electrons. The van der Waals surface area contributed by atoms with Gasteiger partial charge in [-0.05, 0) is 71.3 Å². The van der Waals surface area contributed by atoms with E-state index in [2.05, 4.69) is 15.5 Å². The smallest absolute Gasteiger partial charge is 0.378 e. The molecular weight excluding hydrogens is 591 g/mol. The average Bonchev–Trinajstić information content (AvgIpc) is 3.37. The van der Waals surface area contributed by atoms with Crippen LogP contribution in [0.5, 0.6) is 0 Å². The molecule has 2 N–H and O–H groups in total. The summed E-state index contributed by atoms with van der Waals surface area (Å²) in [6, 6.07) is 30.2. The minimum Gasteiger partial charge on any atom is -0.378 e. The van der Waals surface area contributed by atoms with E-state index in [1.165, 1.54) is 0 Å². The number of halogens is 3. The number of benzene rings is 4. The summed E-state index contributed by atoms with van der Waals surface area (Å²) in [5.74, 6) is -0.807. The minimum absolute atomic E-state index is 0.180. The second-order valence-electron chi connectivity index (χ2n) is 11.8. The number of alkyl halides is 3. The molecule has 9 heteroatoms. The van der Waals surface area contributed by atoms with Gasteiger partial charge in [0.2, 0.25) is 5.91 Å². The summed E-state index contributed by atoms with van der Waals surface area (Å²) in [4.78, 5) is 29.0. The van der Waals surface area contributed by atoms with E-state index in [9.17, 15) is 22.8 Å². The van der Waals surface area contributed by atoms with Crippen LogP contribution in [0, 0.1) is 0 Å². The SMILES string of the molecule is O=C(Nc1ccc(CCCCC2(C(=O)NCC(F)(F)F)c3ccccc3-c3ccccc32)cc1)c1ccccc1N1CCOCC1. The second-order valence-corrected chi connectivity index (χ2v) is 11.8. The van der Waals surface area contributed by atoms with Crippen molar-refractivity contribution >= 4 is 23.2 Å². The minimum atomic E-state index is -4.51. The number of unbranched alkanes of at least 4 members (excludes halogenated alkanes) is 1. The monoisotopic (exact) mass is 627 g/mol. The summed E-state index contributed by atoms with van der Waals surface area (Å²) < 4.78 is 44.9. The molecule has 1 fully saturated rings. The van der Waals surface area contributed by atoms with E-state index < -0.39 is 24.0 Å². The zero-order chi connectivity index (χ0) is 32.1. The van der Waals surface area contributed by atoms with Crippen LogP contribution in [-0.4, -0.2) is 50.8 Å². The summed E-state index contributed by atoms with van der Waals surface area (Å²) in [7, 11) is 0. The molecule has 0 bridgehead atoms. The first-order valence-corrected chi connectivity index (χ1v) is 15.6. The standard InChI is InChI=1S/C37H36F3N3O3/c38-37(39,40)25-41-35(45)36(31-13-4-1-10-28(31)29-11-2-5-14-32(29)36)20-8-7-9-26-16-18-27(19-17-26)42-34(44)30-12-3-6-15-33(30)43-21-23-46-24-22-43/h1-6,10-19H,7-9,20-25H2,(H,41,45)(H,42,44). The lowest BCUT2D eigenvalue weighted by Gasteiger charge is -2.31. The fraction of sp³-hybridized carbons (Fsp3) is 0.297. The number of amides is 2. The van der Waals surface area contributed by atoms with Gasteiger partial charge in [-0.15, -0.1) is 0 Å². The molecule has 2 amide bonds. The predicted molar refractivity (Wildman–Crippen MR) is 173 cm³/mol. The van der Waals surface area contributed by atoms with Crippen molar-refractivity contribution in [3.8, 4) is 11.1 Å². The van der Waals surface area contributed by atoms with E-state index >= 15 is 0 Å². The van der Waals surface area contributed by atoms with Crippen molar-refractivity contribution < 1.29 is 27.5 Å². The van der Waals surface area contributed by atoms with Gasteiger partial charge in [0.1, 0.15) is 12.0 Å². The molecule has 6 rings (SSSR count). The zero-order valence-corrected chi connectivity index (χ0v) is 25.4. The summed E-state index contributed by atoms with van der Waals surface area (Å²) in [5.41, 5.74) is 5.28. The Kier molecular flexibility index (Phi) is 9.12. The van der Waals surface area contributed by atoms with Gasteiger partial charge in [-0.3, -0.25) is 9.59 Å². The number of fused-ring (bicyclic) bond motifs is 3. The maximum absolute atomic E-state index is 13.7. The lowest BCUT2D eigenvalue weighted by atomic mass is 9.73. The first kappa shape index (κ1) is 31.4. The topological polar surface area (TPSA) is 70.7 Å². The van der Waals surface area contributed by atoms with Gasteiger partial charge in [0.15, 0.2) is 0 Å². The fourth-order valence-electron chi connectivity index (χ4n) is 6.70. The average molecular weight is 628 g/mol. The lowest BCUT2D eigenvalue weighted by molar-refractivity contribution is -0.141. The van der Waals surface area contributed by atoms with Crippen molar-refractivity contribution in [1.29, 1.82) is 0 Å². The predicted octanol–water partition coefficient (Wildman–Crippen LogP) is 7.13. The normalized spacial score (nSPS) is 15.2. The maximum atomic E-state index is 13.7. The van der Waals surface area contributed by atoms with Crippen LogP contribution < -0.4 is 15.5 Å². The van der Waals surface area contributed by atoms with E-state index in [0.29, 0.717) is 37.3 Å². The Morgan fingerprint density at radius 3 is 2.04 bits per heavy atom. The van der Waals surface area contributed by atoms with E-state index in [1.807, 2.05) is 97.1 Å². The number of hydrogen-bond acceptors (Lipinski definition) is 4. The number of rotatable bonds is 10. The molecule has 1 aliphatic carbocycles. The third-order valence-electron chi connectivity index (χ3n) is 8.88. The Balaban J connectivity index is 1.12. The molecule has 4 aromatic carbocycles. The summed E-state index contributed by atoms with van der Waals surface area (Å²) in [5, 5.41) is 5.20. The molecule has 1 saturated heterocycles. The number of nitrogens with one attached hydrogen (secondary N) is 2. The van der Waals surface area contributed by atoms with E-state index in [0.717, 1.165) is 59.4 Å². The summed E-state index contributed by atoms with van der Waals surface area (Å²) in [6.07, 6.45) is -2.05. The summed E-state index contributed by atoms with van der Waals surface area (Å²) in [6.45, 7) is 1.35. The van der Waals surface area contributed by atoms with Crippen molar-refractivity contribution in [1.82, 2.24) is 5.32 Å².